The second-order valence-electron chi connectivity index (χ2n) is 3.64. The molecule has 0 unspecified atom stereocenters. The van der Waals surface area contributed by atoms with E-state index >= 15 is 0 Å². The zero-order chi connectivity index (χ0) is 14.8. The van der Waals surface area contributed by atoms with Crippen LogP contribution in [0.3, 0.4) is 0 Å². The Labute approximate surface area is 103 Å². The number of carbonyl (C=O) groups excluding carboxylic acids is 1. The molecule has 0 radical (unpaired) electrons. The lowest BCUT2D eigenvalue weighted by Crippen LogP contribution is -2.24. The van der Waals surface area contributed by atoms with E-state index in [2.05, 4.69) is 5.11 Å². The lowest BCUT2D eigenvalue weighted by atomic mass is 10.1. The maximum Gasteiger partial charge on any atom is 0.306 e. The lowest BCUT2D eigenvalue weighted by molar-refractivity contribution is -0.153. The van der Waals surface area contributed by atoms with E-state index in [0.29, 0.717) is 6.42 Å². The average molecular weight is 251 g/mol. The van der Waals surface area contributed by atoms with Crippen LogP contribution >= 0.6 is 0 Å². The summed E-state index contributed by atoms with van der Waals surface area (Å²) in [6, 6.07) is 0. The van der Waals surface area contributed by atoms with Crippen molar-refractivity contribution in [3.05, 3.63) is 0 Å². The SMILES string of the molecule is [2H]C[C@H]1O[C@@H](C)C[C@H]1OC(=O)CCC(=O)O.[3H]OC. The van der Waals surface area contributed by atoms with Gasteiger partial charge in [0.15, 0.2) is 0 Å². The normalized spacial score (nSPS) is 28.5. The maximum atomic E-state index is 11.3. The van der Waals surface area contributed by atoms with Gasteiger partial charge in [0.05, 0.1) is 25.0 Å². The third-order valence-electron chi connectivity index (χ3n) is 2.21. The standard InChI is InChI=1S/C10H16O5.CH4O/c1-6-5-8(7(2)14-6)15-10(13)4-3-9(11)12;1-2/h6-8H,3-5H2,1-2H3,(H,11,12);2H,1H3/t6-,7+,8+;/m0./s1/i2D;2T. The Morgan fingerprint density at radius 2 is 2.29 bits per heavy atom. The molecule has 0 aromatic carbocycles. The van der Waals surface area contributed by atoms with Crippen LogP contribution in [-0.2, 0) is 19.1 Å². The molecule has 0 aliphatic carbocycles. The first-order valence-electron chi connectivity index (χ1n) is 6.41. The number of aliphatic hydroxyl groups is 1. The van der Waals surface area contributed by atoms with Gasteiger partial charge in [0.1, 0.15) is 6.10 Å². The van der Waals surface area contributed by atoms with Crippen LogP contribution in [0.4, 0.5) is 0 Å². The van der Waals surface area contributed by atoms with E-state index in [0.717, 1.165) is 0 Å². The minimum absolute atomic E-state index is 0.0207. The van der Waals surface area contributed by atoms with E-state index in [1.165, 1.54) is 7.11 Å². The van der Waals surface area contributed by atoms with Gasteiger partial charge in [-0.15, -0.1) is 0 Å². The van der Waals surface area contributed by atoms with E-state index in [9.17, 15) is 9.59 Å². The van der Waals surface area contributed by atoms with Crippen LogP contribution in [0.15, 0.2) is 0 Å². The first-order valence-corrected chi connectivity index (χ1v) is 5.29. The van der Waals surface area contributed by atoms with Crippen LogP contribution in [-0.4, -0.2) is 49.0 Å². The van der Waals surface area contributed by atoms with Crippen molar-refractivity contribution in [3.8, 4) is 0 Å². The molecule has 3 atom stereocenters. The third-order valence-corrected chi connectivity index (χ3v) is 2.21. The molecular formula is C11H20O6. The van der Waals surface area contributed by atoms with Crippen molar-refractivity contribution >= 4 is 11.9 Å². The molecule has 0 amide bonds. The largest absolute Gasteiger partial charge is 0.481 e. The summed E-state index contributed by atoms with van der Waals surface area (Å²) >= 11 is 0. The van der Waals surface area contributed by atoms with Crippen molar-refractivity contribution in [1.82, 2.24) is 0 Å². The van der Waals surface area contributed by atoms with Crippen molar-refractivity contribution < 1.29 is 30.6 Å². The topological polar surface area (TPSA) is 93.1 Å². The molecule has 6 nitrogen and oxygen atoms in total. The van der Waals surface area contributed by atoms with Crippen LogP contribution in [0.2, 0.25) is 0 Å². The Morgan fingerprint density at radius 1 is 1.65 bits per heavy atom. The number of esters is 1. The second kappa shape index (κ2) is 8.03. The molecule has 1 saturated heterocycles. The van der Waals surface area contributed by atoms with E-state index in [-0.39, 0.29) is 31.9 Å². The molecule has 0 aromatic rings. The van der Waals surface area contributed by atoms with Gasteiger partial charge in [0.25, 0.3) is 0 Å². The summed E-state index contributed by atoms with van der Waals surface area (Å²) in [7, 11) is 1.29. The smallest absolute Gasteiger partial charge is 0.306 e. The quantitative estimate of drug-likeness (QED) is 0.709. The number of ether oxygens (including phenoxy) is 2. The van der Waals surface area contributed by atoms with Crippen molar-refractivity contribution in [1.29, 1.82) is 1.43 Å². The summed E-state index contributed by atoms with van der Waals surface area (Å²) in [4.78, 5) is 21.5. The van der Waals surface area contributed by atoms with Crippen LogP contribution in [0, 0.1) is 0 Å². The molecule has 1 aliphatic heterocycles. The molecule has 0 spiro atoms. The second-order valence-corrected chi connectivity index (χ2v) is 3.64. The van der Waals surface area contributed by atoms with Crippen LogP contribution in [0.1, 0.15) is 34.5 Å². The minimum Gasteiger partial charge on any atom is -0.481 e. The highest BCUT2D eigenvalue weighted by Crippen LogP contribution is 2.22. The van der Waals surface area contributed by atoms with Crippen molar-refractivity contribution in [2.24, 2.45) is 0 Å². The summed E-state index contributed by atoms with van der Waals surface area (Å²) in [5.74, 6) is -1.56. The van der Waals surface area contributed by atoms with Gasteiger partial charge in [-0.1, -0.05) is 0 Å². The monoisotopic (exact) mass is 251 g/mol. The van der Waals surface area contributed by atoms with E-state index in [4.69, 9.17) is 17.4 Å². The molecule has 17 heavy (non-hydrogen) atoms. The average Bonchev–Trinajstić information content (AvgIpc) is 2.68. The van der Waals surface area contributed by atoms with Gasteiger partial charge in [-0.2, -0.15) is 0 Å². The summed E-state index contributed by atoms with van der Waals surface area (Å²) in [6.45, 7) is 1.90. The number of carboxylic acids is 1. The molecule has 1 aliphatic rings. The van der Waals surface area contributed by atoms with Crippen LogP contribution < -0.4 is 0 Å². The summed E-state index contributed by atoms with van der Waals surface area (Å²) < 4.78 is 23.4. The Hall–Kier alpha value is -1.14. The fourth-order valence-corrected chi connectivity index (χ4v) is 1.48. The predicted octanol–water partition coefficient (Wildman–Crippen LogP) is 0.569. The molecule has 0 bridgehead atoms. The Morgan fingerprint density at radius 3 is 2.82 bits per heavy atom. The lowest BCUT2D eigenvalue weighted by Gasteiger charge is -2.14. The summed E-state index contributed by atoms with van der Waals surface area (Å²) in [5.41, 5.74) is 0. The Balaban J connectivity index is 0.000000982. The molecule has 1 fully saturated rings. The van der Waals surface area contributed by atoms with Crippen LogP contribution in [0.5, 0.6) is 0 Å². The first-order chi connectivity index (χ1) is 8.94. The van der Waals surface area contributed by atoms with E-state index in [1.807, 2.05) is 6.92 Å². The molecule has 6 heteroatoms. The first kappa shape index (κ1) is 12.3. The van der Waals surface area contributed by atoms with Gasteiger partial charge >= 0.3 is 11.9 Å². The van der Waals surface area contributed by atoms with Crippen molar-refractivity contribution in [2.45, 2.75) is 51.4 Å². The van der Waals surface area contributed by atoms with Gasteiger partial charge in [-0.05, 0) is 13.8 Å². The Kier molecular flexibility index (Phi) is 5.82. The third kappa shape index (κ3) is 6.23. The number of rotatable bonds is 4. The summed E-state index contributed by atoms with van der Waals surface area (Å²) in [6.07, 6.45) is -0.606. The highest BCUT2D eigenvalue weighted by Gasteiger charge is 2.32. The fraction of sp³-hybridized carbons (Fsp3) is 0.818. The van der Waals surface area contributed by atoms with Gasteiger partial charge in [-0.3, -0.25) is 9.59 Å². The van der Waals surface area contributed by atoms with Gasteiger partial charge < -0.3 is 19.7 Å². The molecule has 0 aromatic heterocycles. The number of hydrogen-bond donors (Lipinski definition) is 2. The molecule has 0 saturated carbocycles. The zero-order valence-electron chi connectivity index (χ0n) is 12.0. The van der Waals surface area contributed by atoms with Gasteiger partial charge in [-0.25, -0.2) is 0 Å². The fourth-order valence-electron chi connectivity index (χ4n) is 1.48. The minimum atomic E-state index is -1.02. The van der Waals surface area contributed by atoms with E-state index < -0.39 is 18.0 Å². The van der Waals surface area contributed by atoms with E-state index in [1.54, 1.807) is 0 Å². The molecule has 100 valence electrons. The van der Waals surface area contributed by atoms with Crippen molar-refractivity contribution in [3.63, 3.8) is 0 Å². The molecule has 1 rings (SSSR count). The number of carboxylic acid groups (broad SMARTS) is 1. The number of aliphatic hydroxyl groups excluding tert-OH is 1. The number of aliphatic carboxylic acids is 1. The van der Waals surface area contributed by atoms with Gasteiger partial charge in [0, 0.05) is 14.9 Å². The zero-order valence-corrected chi connectivity index (χ0v) is 10.0. The Bertz CT molecular complexity index is 286. The highest BCUT2D eigenvalue weighted by atomic mass is 16.6. The number of carbonyl (C=O) groups is 2. The van der Waals surface area contributed by atoms with Crippen LogP contribution in [0.25, 0.3) is 0 Å². The molecular weight excluding hydrogens is 228 g/mol. The molecule has 1 heterocycles. The molecule has 2 N–H and O–H groups in total. The van der Waals surface area contributed by atoms with Crippen molar-refractivity contribution in [2.75, 3.05) is 7.11 Å². The summed E-state index contributed by atoms with van der Waals surface area (Å²) in [5, 5.41) is 11.9. The predicted molar refractivity (Wildman–Crippen MR) is 59.5 cm³/mol. The maximum absolute atomic E-state index is 11.3. The highest BCUT2D eigenvalue weighted by molar-refractivity contribution is 5.76. The number of hydrogen-bond acceptors (Lipinski definition) is 5. The van der Waals surface area contributed by atoms with Gasteiger partial charge in [0.2, 0.25) is 1.43 Å².